The molecule has 8 heteroatoms. The van der Waals surface area contributed by atoms with Crippen LogP contribution in [0.25, 0.3) is 0 Å². The molecule has 1 aromatic rings. The topological polar surface area (TPSA) is 100 Å². The lowest BCUT2D eigenvalue weighted by Crippen LogP contribution is -2.25. The second-order valence-corrected chi connectivity index (χ2v) is 3.01. The number of carbonyl (C=O) groups excluding carboxylic acids is 2. The monoisotopic (exact) mass is 244 g/mol. The van der Waals surface area contributed by atoms with E-state index in [1.807, 2.05) is 0 Å². The summed E-state index contributed by atoms with van der Waals surface area (Å²) in [4.78, 5) is 30.7. The van der Waals surface area contributed by atoms with Crippen molar-refractivity contribution < 1.29 is 28.4 Å². The Balaban J connectivity index is 3.30. The third-order valence-corrected chi connectivity index (χ3v) is 1.84. The molecule has 0 aliphatic carbocycles. The Kier molecular flexibility index (Phi) is 3.46. The highest BCUT2D eigenvalue weighted by atomic mass is 19.2. The molecule has 0 bridgehead atoms. The fraction of sp³-hybridized carbons (Fsp3) is 0.111. The van der Waals surface area contributed by atoms with Gasteiger partial charge in [-0.2, -0.15) is 0 Å². The van der Waals surface area contributed by atoms with Gasteiger partial charge < -0.3 is 9.90 Å². The van der Waals surface area contributed by atoms with E-state index in [0.717, 1.165) is 0 Å². The first-order chi connectivity index (χ1) is 7.82. The van der Waals surface area contributed by atoms with Crippen molar-refractivity contribution in [1.29, 1.82) is 0 Å². The highest BCUT2D eigenvalue weighted by molar-refractivity contribution is 6.07. The number of Topliss-reactive ketones (excluding diaryl/α,β-unsaturated/α-hetero) is 1. The van der Waals surface area contributed by atoms with Crippen LogP contribution in [0.3, 0.4) is 0 Å². The SMILES string of the molecule is O=C([O-])CC(=O)c1cc(F)c(F)cc1[N+](=O)[O-]. The molecule has 17 heavy (non-hydrogen) atoms. The van der Waals surface area contributed by atoms with Gasteiger partial charge in [0.15, 0.2) is 17.4 Å². The number of nitrogens with zero attached hydrogens (tertiary/aromatic N) is 1. The van der Waals surface area contributed by atoms with E-state index in [1.165, 1.54) is 0 Å². The zero-order chi connectivity index (χ0) is 13.2. The molecule has 0 aromatic heterocycles. The van der Waals surface area contributed by atoms with Crippen LogP contribution in [0.1, 0.15) is 16.8 Å². The number of carbonyl (C=O) groups is 2. The first-order valence-corrected chi connectivity index (χ1v) is 4.19. The molecule has 90 valence electrons. The van der Waals surface area contributed by atoms with Crippen LogP contribution < -0.4 is 5.11 Å². The summed E-state index contributed by atoms with van der Waals surface area (Å²) >= 11 is 0. The number of carboxylic acids is 1. The fourth-order valence-electron chi connectivity index (χ4n) is 1.14. The van der Waals surface area contributed by atoms with Gasteiger partial charge in [0.25, 0.3) is 5.69 Å². The van der Waals surface area contributed by atoms with E-state index in [-0.39, 0.29) is 6.07 Å². The molecule has 0 radical (unpaired) electrons. The Labute approximate surface area is 92.6 Å². The lowest BCUT2D eigenvalue weighted by atomic mass is 10.1. The minimum Gasteiger partial charge on any atom is -0.550 e. The molecule has 0 amide bonds. The first-order valence-electron chi connectivity index (χ1n) is 4.19. The van der Waals surface area contributed by atoms with E-state index in [9.17, 15) is 33.6 Å². The van der Waals surface area contributed by atoms with Crippen molar-refractivity contribution in [3.05, 3.63) is 39.4 Å². The number of carboxylic acid groups (broad SMARTS) is 1. The van der Waals surface area contributed by atoms with Gasteiger partial charge in [-0.25, -0.2) is 8.78 Å². The van der Waals surface area contributed by atoms with E-state index in [2.05, 4.69) is 0 Å². The molecule has 0 aliphatic rings. The number of nitro groups is 1. The van der Waals surface area contributed by atoms with Crippen molar-refractivity contribution in [3.8, 4) is 0 Å². The Bertz CT molecular complexity index is 514. The molecule has 0 atom stereocenters. The summed E-state index contributed by atoms with van der Waals surface area (Å²) in [6, 6.07) is 0.511. The Morgan fingerprint density at radius 3 is 2.24 bits per heavy atom. The van der Waals surface area contributed by atoms with Gasteiger partial charge in [0.05, 0.1) is 23.0 Å². The van der Waals surface area contributed by atoms with Crippen LogP contribution in [0.5, 0.6) is 0 Å². The lowest BCUT2D eigenvalue weighted by molar-refractivity contribution is -0.385. The summed E-state index contributed by atoms with van der Waals surface area (Å²) in [7, 11) is 0. The van der Waals surface area contributed by atoms with Gasteiger partial charge >= 0.3 is 0 Å². The number of ketones is 1. The van der Waals surface area contributed by atoms with Gasteiger partial charge in [-0.15, -0.1) is 0 Å². The molecule has 0 aliphatic heterocycles. The van der Waals surface area contributed by atoms with Crippen molar-refractivity contribution >= 4 is 17.4 Å². The minimum absolute atomic E-state index is 0.220. The van der Waals surface area contributed by atoms with Crippen LogP contribution in [0.2, 0.25) is 0 Å². The van der Waals surface area contributed by atoms with Crippen molar-refractivity contribution in [2.24, 2.45) is 0 Å². The molecule has 1 rings (SSSR count). The molecule has 0 spiro atoms. The fourth-order valence-corrected chi connectivity index (χ4v) is 1.14. The molecule has 0 saturated carbocycles. The van der Waals surface area contributed by atoms with Gasteiger partial charge in [-0.05, 0) is 6.07 Å². The molecule has 0 N–H and O–H groups in total. The molecular weight excluding hydrogens is 240 g/mol. The van der Waals surface area contributed by atoms with Crippen LogP contribution in [-0.2, 0) is 4.79 Å². The molecule has 1 aromatic carbocycles. The summed E-state index contributed by atoms with van der Waals surface area (Å²) in [5.41, 5.74) is -1.80. The molecule has 0 saturated heterocycles. The van der Waals surface area contributed by atoms with E-state index in [0.29, 0.717) is 6.07 Å². The largest absolute Gasteiger partial charge is 0.550 e. The highest BCUT2D eigenvalue weighted by Crippen LogP contribution is 2.23. The third-order valence-electron chi connectivity index (χ3n) is 1.84. The van der Waals surface area contributed by atoms with Gasteiger partial charge in [0.2, 0.25) is 0 Å². The summed E-state index contributed by atoms with van der Waals surface area (Å²) in [5, 5.41) is 20.6. The number of rotatable bonds is 4. The van der Waals surface area contributed by atoms with E-state index < -0.39 is 46.0 Å². The number of aliphatic carboxylic acids is 1. The second kappa shape index (κ2) is 4.64. The number of nitro benzene ring substituents is 1. The van der Waals surface area contributed by atoms with Crippen molar-refractivity contribution in [2.45, 2.75) is 6.42 Å². The summed E-state index contributed by atoms with van der Waals surface area (Å²) < 4.78 is 25.5. The van der Waals surface area contributed by atoms with E-state index >= 15 is 0 Å². The summed E-state index contributed by atoms with van der Waals surface area (Å²) in [6.45, 7) is 0. The Hall–Kier alpha value is -2.38. The van der Waals surface area contributed by atoms with E-state index in [4.69, 9.17) is 0 Å². The van der Waals surface area contributed by atoms with Crippen LogP contribution >= 0.6 is 0 Å². The molecule has 6 nitrogen and oxygen atoms in total. The maximum atomic E-state index is 12.8. The predicted octanol–water partition coefficient (Wildman–Crippen LogP) is 0.196. The average Bonchev–Trinajstić information content (AvgIpc) is 2.19. The molecular formula is C9H4F2NO5-. The Morgan fingerprint density at radius 2 is 1.76 bits per heavy atom. The number of hydrogen-bond acceptors (Lipinski definition) is 5. The summed E-state index contributed by atoms with van der Waals surface area (Å²) in [5.74, 6) is -5.97. The maximum absolute atomic E-state index is 12.8. The smallest absolute Gasteiger partial charge is 0.283 e. The van der Waals surface area contributed by atoms with Gasteiger partial charge in [0.1, 0.15) is 0 Å². The van der Waals surface area contributed by atoms with Gasteiger partial charge in [0, 0.05) is 5.97 Å². The summed E-state index contributed by atoms with van der Waals surface area (Å²) in [6.07, 6.45) is -1.15. The first kappa shape index (κ1) is 12.7. The van der Waals surface area contributed by atoms with Crippen LogP contribution in [0.15, 0.2) is 12.1 Å². The number of hydrogen-bond donors (Lipinski definition) is 0. The average molecular weight is 244 g/mol. The minimum atomic E-state index is -1.77. The van der Waals surface area contributed by atoms with Crippen molar-refractivity contribution in [1.82, 2.24) is 0 Å². The quantitative estimate of drug-likeness (QED) is 0.326. The number of halogens is 2. The predicted molar refractivity (Wildman–Crippen MR) is 47.0 cm³/mol. The molecule has 0 unspecified atom stereocenters. The van der Waals surface area contributed by atoms with Crippen molar-refractivity contribution in [2.75, 3.05) is 0 Å². The van der Waals surface area contributed by atoms with Crippen LogP contribution in [-0.4, -0.2) is 16.7 Å². The zero-order valence-corrected chi connectivity index (χ0v) is 8.11. The van der Waals surface area contributed by atoms with Crippen LogP contribution in [0, 0.1) is 21.7 Å². The normalized spacial score (nSPS) is 10.0. The van der Waals surface area contributed by atoms with Gasteiger partial charge in [-0.3, -0.25) is 14.9 Å². The molecule has 0 heterocycles. The highest BCUT2D eigenvalue weighted by Gasteiger charge is 2.23. The zero-order valence-electron chi connectivity index (χ0n) is 8.11. The van der Waals surface area contributed by atoms with Crippen molar-refractivity contribution in [3.63, 3.8) is 0 Å². The standard InChI is InChI=1S/C9H5F2NO5/c10-5-1-4(8(13)3-9(14)15)7(12(16)17)2-6(5)11/h1-2H,3H2,(H,14,15)/p-1. The van der Waals surface area contributed by atoms with Gasteiger partial charge in [-0.1, -0.05) is 0 Å². The lowest BCUT2D eigenvalue weighted by Gasteiger charge is -2.04. The van der Waals surface area contributed by atoms with E-state index in [1.54, 1.807) is 0 Å². The molecule has 0 fully saturated rings. The second-order valence-electron chi connectivity index (χ2n) is 3.01. The van der Waals surface area contributed by atoms with Crippen LogP contribution in [0.4, 0.5) is 14.5 Å². The maximum Gasteiger partial charge on any atom is 0.283 e. The third kappa shape index (κ3) is 2.80. The Morgan fingerprint density at radius 1 is 1.24 bits per heavy atom. The number of benzene rings is 1.